The highest BCUT2D eigenvalue weighted by atomic mass is 16.5. The molecule has 96 valence electrons. The van der Waals surface area contributed by atoms with Crippen LogP contribution in [0.4, 0.5) is 0 Å². The van der Waals surface area contributed by atoms with Crippen molar-refractivity contribution in [1.82, 2.24) is 10.2 Å². The van der Waals surface area contributed by atoms with Gasteiger partial charge in [-0.25, -0.2) is 0 Å². The van der Waals surface area contributed by atoms with Crippen LogP contribution >= 0.6 is 0 Å². The third kappa shape index (κ3) is 5.25. The lowest BCUT2D eigenvalue weighted by Gasteiger charge is -2.33. The molecule has 0 bridgehead atoms. The molecule has 16 heavy (non-hydrogen) atoms. The molecule has 0 spiro atoms. The largest absolute Gasteiger partial charge is 0.385 e. The molecule has 0 aliphatic carbocycles. The smallest absolute Gasteiger partial charge is 0.0619 e. The maximum Gasteiger partial charge on any atom is 0.0619 e. The molecule has 1 rings (SSSR count). The zero-order valence-corrected chi connectivity index (χ0v) is 10.9. The van der Waals surface area contributed by atoms with Gasteiger partial charge in [-0.3, -0.25) is 4.90 Å². The van der Waals surface area contributed by atoms with E-state index >= 15 is 0 Å². The van der Waals surface area contributed by atoms with E-state index in [1.165, 1.54) is 0 Å². The molecule has 1 N–H and O–H groups in total. The van der Waals surface area contributed by atoms with Crippen molar-refractivity contribution in [3.8, 4) is 0 Å². The fraction of sp³-hybridized carbons (Fsp3) is 1.00. The first-order chi connectivity index (χ1) is 7.74. The van der Waals surface area contributed by atoms with Crippen molar-refractivity contribution >= 4 is 0 Å². The Kier molecular flexibility index (Phi) is 6.96. The van der Waals surface area contributed by atoms with Crippen LogP contribution in [0.25, 0.3) is 0 Å². The van der Waals surface area contributed by atoms with Gasteiger partial charge in [0, 0.05) is 45.4 Å². The zero-order chi connectivity index (χ0) is 11.8. The number of nitrogens with one attached hydrogen (secondary N) is 1. The first kappa shape index (κ1) is 13.9. The van der Waals surface area contributed by atoms with Crippen LogP contribution in [0.15, 0.2) is 0 Å². The zero-order valence-electron chi connectivity index (χ0n) is 10.9. The van der Waals surface area contributed by atoms with Crippen LogP contribution in [0.2, 0.25) is 0 Å². The summed E-state index contributed by atoms with van der Waals surface area (Å²) in [5, 5.41) is 3.52. The Morgan fingerprint density at radius 1 is 1.56 bits per heavy atom. The number of hydrogen-bond donors (Lipinski definition) is 1. The Hall–Kier alpha value is -0.160. The summed E-state index contributed by atoms with van der Waals surface area (Å²) in [6.07, 6.45) is 1.08. The molecule has 1 saturated heterocycles. The van der Waals surface area contributed by atoms with Crippen molar-refractivity contribution in [1.29, 1.82) is 0 Å². The normalized spacial score (nSPS) is 24.6. The van der Waals surface area contributed by atoms with Gasteiger partial charge in [0.1, 0.15) is 0 Å². The predicted molar refractivity (Wildman–Crippen MR) is 65.8 cm³/mol. The second-order valence-corrected chi connectivity index (χ2v) is 4.60. The molecule has 1 aliphatic rings. The molecule has 4 heteroatoms. The van der Waals surface area contributed by atoms with Crippen molar-refractivity contribution in [3.63, 3.8) is 0 Å². The van der Waals surface area contributed by atoms with Crippen LogP contribution in [-0.2, 0) is 9.47 Å². The Labute approximate surface area is 99.3 Å². The van der Waals surface area contributed by atoms with E-state index in [9.17, 15) is 0 Å². The second-order valence-electron chi connectivity index (χ2n) is 4.60. The SMILES string of the molecule is COCCC(C)NCCN1CCOCC1C. The summed E-state index contributed by atoms with van der Waals surface area (Å²) >= 11 is 0. The molecule has 4 nitrogen and oxygen atoms in total. The van der Waals surface area contributed by atoms with Crippen LogP contribution in [0.3, 0.4) is 0 Å². The molecule has 2 unspecified atom stereocenters. The van der Waals surface area contributed by atoms with Gasteiger partial charge in [-0.05, 0) is 20.3 Å². The van der Waals surface area contributed by atoms with Gasteiger partial charge in [0.05, 0.1) is 13.2 Å². The van der Waals surface area contributed by atoms with Gasteiger partial charge in [-0.2, -0.15) is 0 Å². The van der Waals surface area contributed by atoms with Gasteiger partial charge in [0.15, 0.2) is 0 Å². The van der Waals surface area contributed by atoms with E-state index in [0.29, 0.717) is 12.1 Å². The summed E-state index contributed by atoms with van der Waals surface area (Å²) in [5.74, 6) is 0. The number of hydrogen-bond acceptors (Lipinski definition) is 4. The predicted octanol–water partition coefficient (Wildman–Crippen LogP) is 0.722. The lowest BCUT2D eigenvalue weighted by Crippen LogP contribution is -2.47. The minimum absolute atomic E-state index is 0.538. The van der Waals surface area contributed by atoms with Crippen LogP contribution in [0, 0.1) is 0 Å². The maximum absolute atomic E-state index is 5.41. The van der Waals surface area contributed by atoms with E-state index in [4.69, 9.17) is 9.47 Å². The summed E-state index contributed by atoms with van der Waals surface area (Å²) < 4.78 is 10.5. The number of ether oxygens (including phenoxy) is 2. The summed E-state index contributed by atoms with van der Waals surface area (Å²) in [5.41, 5.74) is 0. The lowest BCUT2D eigenvalue weighted by molar-refractivity contribution is 0.000131. The van der Waals surface area contributed by atoms with E-state index in [1.807, 2.05) is 0 Å². The molecule has 0 radical (unpaired) electrons. The van der Waals surface area contributed by atoms with E-state index in [0.717, 1.165) is 45.9 Å². The average molecular weight is 230 g/mol. The van der Waals surface area contributed by atoms with Crippen LogP contribution in [0.1, 0.15) is 20.3 Å². The van der Waals surface area contributed by atoms with Gasteiger partial charge in [0.25, 0.3) is 0 Å². The van der Waals surface area contributed by atoms with Crippen molar-refractivity contribution < 1.29 is 9.47 Å². The van der Waals surface area contributed by atoms with Crippen molar-refractivity contribution in [2.75, 3.05) is 46.6 Å². The third-order valence-corrected chi connectivity index (χ3v) is 3.15. The molecule has 2 atom stereocenters. The highest BCUT2D eigenvalue weighted by Crippen LogP contribution is 2.04. The monoisotopic (exact) mass is 230 g/mol. The molecule has 0 amide bonds. The average Bonchev–Trinajstić information content (AvgIpc) is 2.29. The quantitative estimate of drug-likeness (QED) is 0.699. The number of rotatable bonds is 7. The minimum Gasteiger partial charge on any atom is -0.385 e. The topological polar surface area (TPSA) is 33.7 Å². The van der Waals surface area contributed by atoms with Crippen LogP contribution in [0.5, 0.6) is 0 Å². The molecular formula is C12H26N2O2. The lowest BCUT2D eigenvalue weighted by atomic mass is 10.2. The molecule has 0 aromatic carbocycles. The van der Waals surface area contributed by atoms with Gasteiger partial charge in [0.2, 0.25) is 0 Å². The molecule has 0 aromatic rings. The van der Waals surface area contributed by atoms with Crippen LogP contribution in [-0.4, -0.2) is 63.5 Å². The third-order valence-electron chi connectivity index (χ3n) is 3.15. The summed E-state index contributed by atoms with van der Waals surface area (Å²) in [6.45, 7) is 10.3. The second kappa shape index (κ2) is 8.01. The molecule has 1 aliphatic heterocycles. The minimum atomic E-state index is 0.538. The highest BCUT2D eigenvalue weighted by molar-refractivity contribution is 4.72. The Morgan fingerprint density at radius 3 is 3.06 bits per heavy atom. The van der Waals surface area contributed by atoms with E-state index in [2.05, 4.69) is 24.1 Å². The van der Waals surface area contributed by atoms with E-state index in [-0.39, 0.29) is 0 Å². The summed E-state index contributed by atoms with van der Waals surface area (Å²) in [7, 11) is 1.75. The standard InChI is InChI=1S/C12H26N2O2/c1-11(4-8-15-3)13-5-6-14-7-9-16-10-12(14)2/h11-13H,4-10H2,1-3H3. The Bertz CT molecular complexity index is 178. The van der Waals surface area contributed by atoms with E-state index < -0.39 is 0 Å². The Balaban J connectivity index is 2.05. The van der Waals surface area contributed by atoms with Crippen molar-refractivity contribution in [2.45, 2.75) is 32.4 Å². The molecule has 1 heterocycles. The Morgan fingerprint density at radius 2 is 2.38 bits per heavy atom. The summed E-state index contributed by atoms with van der Waals surface area (Å²) in [6, 6.07) is 1.10. The van der Waals surface area contributed by atoms with Crippen molar-refractivity contribution in [3.05, 3.63) is 0 Å². The van der Waals surface area contributed by atoms with Gasteiger partial charge in [-0.15, -0.1) is 0 Å². The van der Waals surface area contributed by atoms with Crippen molar-refractivity contribution in [2.24, 2.45) is 0 Å². The number of nitrogens with zero attached hydrogens (tertiary/aromatic N) is 1. The number of morpholine rings is 1. The number of methoxy groups -OCH3 is 1. The first-order valence-electron chi connectivity index (χ1n) is 6.28. The highest BCUT2D eigenvalue weighted by Gasteiger charge is 2.17. The van der Waals surface area contributed by atoms with Gasteiger partial charge >= 0.3 is 0 Å². The molecule has 1 fully saturated rings. The molecule has 0 saturated carbocycles. The first-order valence-corrected chi connectivity index (χ1v) is 6.28. The molecule has 0 aromatic heterocycles. The fourth-order valence-electron chi connectivity index (χ4n) is 1.94. The maximum atomic E-state index is 5.41. The fourth-order valence-corrected chi connectivity index (χ4v) is 1.94. The van der Waals surface area contributed by atoms with Crippen LogP contribution < -0.4 is 5.32 Å². The molecular weight excluding hydrogens is 204 g/mol. The van der Waals surface area contributed by atoms with Gasteiger partial charge < -0.3 is 14.8 Å². The summed E-state index contributed by atoms with van der Waals surface area (Å²) in [4.78, 5) is 2.49. The van der Waals surface area contributed by atoms with E-state index in [1.54, 1.807) is 7.11 Å². The van der Waals surface area contributed by atoms with Gasteiger partial charge in [-0.1, -0.05) is 0 Å².